The van der Waals surface area contributed by atoms with Crippen LogP contribution in [0, 0.1) is 11.3 Å². The van der Waals surface area contributed by atoms with Gasteiger partial charge in [-0.2, -0.15) is 5.26 Å². The Kier molecular flexibility index (Phi) is 9.05. The maximum Gasteiger partial charge on any atom is 0.337 e. The minimum absolute atomic E-state index is 0.115. The molecule has 1 N–H and O–H groups in total. The van der Waals surface area contributed by atoms with Crippen LogP contribution in [-0.4, -0.2) is 19.0 Å². The summed E-state index contributed by atoms with van der Waals surface area (Å²) in [6.07, 6.45) is 1.46. The Morgan fingerprint density at radius 3 is 2.29 bits per heavy atom. The maximum absolute atomic E-state index is 12.8. The lowest BCUT2D eigenvalue weighted by Crippen LogP contribution is -2.13. The average Bonchev–Trinajstić information content (AvgIpc) is 2.82. The molecule has 0 radical (unpaired) electrons. The second-order valence-electron chi connectivity index (χ2n) is 6.91. The van der Waals surface area contributed by atoms with Gasteiger partial charge in [0.2, 0.25) is 0 Å². The molecule has 9 heteroatoms. The number of carbonyl (C=O) groups excluding carboxylic acids is 2. The maximum atomic E-state index is 12.8. The first-order valence-corrected chi connectivity index (χ1v) is 12.2. The summed E-state index contributed by atoms with van der Waals surface area (Å²) in [4.78, 5) is 24.3. The molecule has 3 rings (SSSR count). The van der Waals surface area contributed by atoms with Crippen LogP contribution in [0.1, 0.15) is 21.5 Å². The first kappa shape index (κ1) is 25.7. The Hall–Kier alpha value is -2.93. The number of ether oxygens (including phenoxy) is 2. The molecule has 0 aliphatic rings. The summed E-state index contributed by atoms with van der Waals surface area (Å²) in [6.45, 7) is 0.301. The Bertz CT molecular complexity index is 1280. The molecule has 0 atom stereocenters. The molecule has 1 amide bonds. The van der Waals surface area contributed by atoms with Crippen LogP contribution in [0.15, 0.2) is 79.7 Å². The molecule has 0 heterocycles. The third-order valence-electron chi connectivity index (χ3n) is 4.56. The van der Waals surface area contributed by atoms with E-state index in [4.69, 9.17) is 4.74 Å². The molecular weight excluding hydrogens is 632 g/mol. The van der Waals surface area contributed by atoms with Gasteiger partial charge in [0.25, 0.3) is 5.91 Å². The summed E-state index contributed by atoms with van der Waals surface area (Å²) in [5.41, 5.74) is 2.17. The Labute approximate surface area is 222 Å². The Morgan fingerprint density at radius 1 is 1.00 bits per heavy atom. The zero-order valence-corrected chi connectivity index (χ0v) is 22.5. The molecule has 0 saturated carbocycles. The van der Waals surface area contributed by atoms with E-state index in [1.807, 2.05) is 36.4 Å². The number of anilines is 1. The van der Waals surface area contributed by atoms with Crippen LogP contribution < -0.4 is 10.1 Å². The number of amides is 1. The number of esters is 1. The number of methoxy groups -OCH3 is 1. The Morgan fingerprint density at radius 2 is 1.68 bits per heavy atom. The predicted molar refractivity (Wildman–Crippen MR) is 140 cm³/mol. The highest BCUT2D eigenvalue weighted by atomic mass is 79.9. The number of carbonyl (C=O) groups is 2. The van der Waals surface area contributed by atoms with Crippen molar-refractivity contribution in [1.29, 1.82) is 5.26 Å². The van der Waals surface area contributed by atoms with Crippen molar-refractivity contribution < 1.29 is 19.1 Å². The summed E-state index contributed by atoms with van der Waals surface area (Å²) >= 11 is 10.3. The van der Waals surface area contributed by atoms with Crippen LogP contribution in [-0.2, 0) is 16.1 Å². The third kappa shape index (κ3) is 6.79. The smallest absolute Gasteiger partial charge is 0.337 e. The van der Waals surface area contributed by atoms with Gasteiger partial charge in [-0.25, -0.2) is 4.79 Å². The van der Waals surface area contributed by atoms with Crippen molar-refractivity contribution in [2.45, 2.75) is 6.61 Å². The molecule has 0 saturated heterocycles. The van der Waals surface area contributed by atoms with Crippen LogP contribution in [0.25, 0.3) is 6.08 Å². The van der Waals surface area contributed by atoms with Crippen molar-refractivity contribution in [3.8, 4) is 11.8 Å². The van der Waals surface area contributed by atoms with Crippen LogP contribution in [0.2, 0.25) is 0 Å². The number of nitrogens with zero attached hydrogens (tertiary/aromatic N) is 1. The molecule has 0 spiro atoms. The number of nitriles is 1. The fourth-order valence-corrected chi connectivity index (χ4v) is 4.52. The van der Waals surface area contributed by atoms with E-state index in [0.29, 0.717) is 33.6 Å². The molecule has 0 bridgehead atoms. The summed E-state index contributed by atoms with van der Waals surface area (Å²) in [5, 5.41) is 12.3. The van der Waals surface area contributed by atoms with Gasteiger partial charge in [0, 0.05) is 20.2 Å². The molecule has 172 valence electrons. The number of benzene rings is 3. The predicted octanol–water partition coefficient (Wildman–Crippen LogP) is 6.89. The van der Waals surface area contributed by atoms with Gasteiger partial charge in [0.05, 0.1) is 17.1 Å². The Balaban J connectivity index is 1.84. The van der Waals surface area contributed by atoms with Crippen LogP contribution in [0.4, 0.5) is 5.69 Å². The average molecular weight is 649 g/mol. The van der Waals surface area contributed by atoms with E-state index < -0.39 is 11.9 Å². The van der Waals surface area contributed by atoms with Gasteiger partial charge in [0.15, 0.2) is 0 Å². The normalized spacial score (nSPS) is 10.9. The monoisotopic (exact) mass is 646 g/mol. The van der Waals surface area contributed by atoms with E-state index in [1.165, 1.54) is 25.3 Å². The van der Waals surface area contributed by atoms with Gasteiger partial charge >= 0.3 is 5.97 Å². The van der Waals surface area contributed by atoms with E-state index in [1.54, 1.807) is 18.2 Å². The topological polar surface area (TPSA) is 88.4 Å². The number of hydrogen-bond acceptors (Lipinski definition) is 5. The second kappa shape index (κ2) is 12.0. The molecular formula is C25H17Br3N2O4. The fraction of sp³-hybridized carbons (Fsp3) is 0.0800. The van der Waals surface area contributed by atoms with Gasteiger partial charge in [-0.1, -0.05) is 44.0 Å². The van der Waals surface area contributed by atoms with Crippen molar-refractivity contribution in [1.82, 2.24) is 0 Å². The van der Waals surface area contributed by atoms with Gasteiger partial charge in [0.1, 0.15) is 24.0 Å². The first-order chi connectivity index (χ1) is 16.3. The van der Waals surface area contributed by atoms with E-state index in [-0.39, 0.29) is 5.57 Å². The van der Waals surface area contributed by atoms with Gasteiger partial charge in [-0.3, -0.25) is 4.79 Å². The summed E-state index contributed by atoms with van der Waals surface area (Å²) in [6, 6.07) is 19.4. The lowest BCUT2D eigenvalue weighted by atomic mass is 10.1. The van der Waals surface area contributed by atoms with E-state index in [9.17, 15) is 14.9 Å². The van der Waals surface area contributed by atoms with Crippen molar-refractivity contribution in [2.24, 2.45) is 0 Å². The first-order valence-electron chi connectivity index (χ1n) is 9.78. The zero-order valence-electron chi connectivity index (χ0n) is 17.8. The number of rotatable bonds is 7. The van der Waals surface area contributed by atoms with Gasteiger partial charge in [-0.15, -0.1) is 0 Å². The molecule has 0 unspecified atom stereocenters. The van der Waals surface area contributed by atoms with Crippen molar-refractivity contribution in [2.75, 3.05) is 12.4 Å². The van der Waals surface area contributed by atoms with Crippen molar-refractivity contribution in [3.63, 3.8) is 0 Å². The molecule has 0 aliphatic carbocycles. The number of halogens is 3. The van der Waals surface area contributed by atoms with Gasteiger partial charge in [-0.05, 0) is 76.1 Å². The van der Waals surface area contributed by atoms with Crippen molar-refractivity contribution >= 4 is 71.4 Å². The van der Waals surface area contributed by atoms with Gasteiger partial charge < -0.3 is 14.8 Å². The molecule has 0 aliphatic heterocycles. The van der Waals surface area contributed by atoms with Crippen molar-refractivity contribution in [3.05, 3.63) is 96.3 Å². The second-order valence-corrected chi connectivity index (χ2v) is 9.60. The zero-order chi connectivity index (χ0) is 24.7. The SMILES string of the molecule is COC(=O)c1ccc(NC(=O)/C(C#N)=C/c2cc(Br)cc(Br)c2OCc2ccc(Br)cc2)cc1. The van der Waals surface area contributed by atoms with Crippen LogP contribution in [0.3, 0.4) is 0 Å². The highest BCUT2D eigenvalue weighted by Crippen LogP contribution is 2.35. The van der Waals surface area contributed by atoms with E-state index in [0.717, 1.165) is 14.5 Å². The molecule has 3 aromatic rings. The number of hydrogen-bond donors (Lipinski definition) is 1. The van der Waals surface area contributed by atoms with Crippen LogP contribution in [0.5, 0.6) is 5.75 Å². The van der Waals surface area contributed by atoms with E-state index in [2.05, 4.69) is 57.8 Å². The molecule has 0 fully saturated rings. The summed E-state index contributed by atoms with van der Waals surface area (Å²) in [5.74, 6) is -0.580. The van der Waals surface area contributed by atoms with Crippen LogP contribution >= 0.6 is 47.8 Å². The minimum Gasteiger partial charge on any atom is -0.487 e. The third-order valence-corrected chi connectivity index (χ3v) is 6.14. The largest absolute Gasteiger partial charge is 0.487 e. The number of nitrogens with one attached hydrogen (secondary N) is 1. The fourth-order valence-electron chi connectivity index (χ4n) is 2.89. The lowest BCUT2D eigenvalue weighted by molar-refractivity contribution is -0.112. The standard InChI is InChI=1S/C25H17Br3N2O4/c1-33-25(32)16-4-8-21(9-5-16)30-24(31)18(13-29)10-17-11-20(27)12-22(28)23(17)34-14-15-2-6-19(26)7-3-15/h2-12H,14H2,1H3,(H,30,31)/b18-10+. The molecule has 3 aromatic carbocycles. The van der Waals surface area contributed by atoms with E-state index >= 15 is 0 Å². The summed E-state index contributed by atoms with van der Waals surface area (Å²) < 4.78 is 13.1. The highest BCUT2D eigenvalue weighted by Gasteiger charge is 2.15. The molecule has 34 heavy (non-hydrogen) atoms. The minimum atomic E-state index is -0.594. The molecule has 0 aromatic heterocycles. The molecule has 6 nitrogen and oxygen atoms in total. The summed E-state index contributed by atoms with van der Waals surface area (Å²) in [7, 11) is 1.29. The lowest BCUT2D eigenvalue weighted by Gasteiger charge is -2.13. The highest BCUT2D eigenvalue weighted by molar-refractivity contribution is 9.11. The quantitative estimate of drug-likeness (QED) is 0.171.